The molecule has 0 fully saturated rings. The highest BCUT2D eigenvalue weighted by Gasteiger charge is 2.15. The van der Waals surface area contributed by atoms with Gasteiger partial charge in [-0.05, 0) is 23.8 Å². The second-order valence-corrected chi connectivity index (χ2v) is 6.85. The minimum absolute atomic E-state index is 0.0745. The Hall–Kier alpha value is -0.990. The van der Waals surface area contributed by atoms with E-state index in [2.05, 4.69) is 9.71 Å². The minimum Gasteiger partial charge on any atom is -0.392 e. The van der Waals surface area contributed by atoms with E-state index >= 15 is 0 Å². The smallest absolute Gasteiger partial charge is 0.240 e. The van der Waals surface area contributed by atoms with Gasteiger partial charge in [0.05, 0.1) is 17.0 Å². The average Bonchev–Trinajstić information content (AvgIpc) is 2.90. The molecule has 0 unspecified atom stereocenters. The van der Waals surface area contributed by atoms with Crippen molar-refractivity contribution < 1.29 is 13.5 Å². The van der Waals surface area contributed by atoms with Gasteiger partial charge in [-0.3, -0.25) is 4.98 Å². The van der Waals surface area contributed by atoms with Gasteiger partial charge >= 0.3 is 0 Å². The summed E-state index contributed by atoms with van der Waals surface area (Å²) in [6.07, 6.45) is 1.61. The van der Waals surface area contributed by atoms with Gasteiger partial charge in [-0.15, -0.1) is 11.3 Å². The molecular weight excluding hydrogens is 308 g/mol. The molecule has 8 heteroatoms. The predicted molar refractivity (Wildman–Crippen MR) is 73.5 cm³/mol. The summed E-state index contributed by atoms with van der Waals surface area (Å²) in [5.41, 5.74) is 2.01. The number of aromatic nitrogens is 1. The Morgan fingerprint density at radius 2 is 2.21 bits per heavy atom. The Balaban J connectivity index is 2.19. The van der Waals surface area contributed by atoms with Gasteiger partial charge in [-0.2, -0.15) is 0 Å². The number of aliphatic hydroxyl groups is 1. The molecule has 0 saturated heterocycles. The standard InChI is InChI=1S/C11H11ClN2O3S2/c12-11-2-1-10(3-8(11)6-15)19(16,17)14-5-9-4-13-7-18-9/h1-4,7,14-15H,5-6H2. The van der Waals surface area contributed by atoms with E-state index in [0.717, 1.165) is 4.88 Å². The Bertz CT molecular complexity index is 657. The summed E-state index contributed by atoms with van der Waals surface area (Å²) < 4.78 is 26.6. The highest BCUT2D eigenvalue weighted by atomic mass is 35.5. The van der Waals surface area contributed by atoms with Gasteiger partial charge in [0.1, 0.15) is 0 Å². The highest BCUT2D eigenvalue weighted by Crippen LogP contribution is 2.20. The highest BCUT2D eigenvalue weighted by molar-refractivity contribution is 7.89. The summed E-state index contributed by atoms with van der Waals surface area (Å²) in [6.45, 7) is -0.124. The van der Waals surface area contributed by atoms with Gasteiger partial charge in [-0.25, -0.2) is 13.1 Å². The molecule has 1 aromatic carbocycles. The summed E-state index contributed by atoms with van der Waals surface area (Å²) in [7, 11) is -3.63. The van der Waals surface area contributed by atoms with Crippen molar-refractivity contribution in [3.63, 3.8) is 0 Å². The number of nitrogens with zero attached hydrogens (tertiary/aromatic N) is 1. The second-order valence-electron chi connectivity index (χ2n) is 3.70. The van der Waals surface area contributed by atoms with Gasteiger partial charge in [0.25, 0.3) is 0 Å². The van der Waals surface area contributed by atoms with E-state index in [1.165, 1.54) is 29.5 Å². The number of rotatable bonds is 5. The van der Waals surface area contributed by atoms with Gasteiger partial charge in [0.2, 0.25) is 10.0 Å². The van der Waals surface area contributed by atoms with Gasteiger partial charge in [0.15, 0.2) is 0 Å². The van der Waals surface area contributed by atoms with E-state index in [0.29, 0.717) is 10.6 Å². The lowest BCUT2D eigenvalue weighted by molar-refractivity contribution is 0.281. The molecule has 5 nitrogen and oxygen atoms in total. The van der Waals surface area contributed by atoms with Crippen LogP contribution in [0.5, 0.6) is 0 Å². The molecular formula is C11H11ClN2O3S2. The molecule has 0 radical (unpaired) electrons. The molecule has 2 rings (SSSR count). The molecule has 0 bridgehead atoms. The Morgan fingerprint density at radius 1 is 1.42 bits per heavy atom. The zero-order valence-electron chi connectivity index (χ0n) is 9.71. The van der Waals surface area contributed by atoms with Crippen molar-refractivity contribution >= 4 is 33.0 Å². The van der Waals surface area contributed by atoms with Crippen LogP contribution in [0.3, 0.4) is 0 Å². The summed E-state index contributed by atoms with van der Waals surface area (Å²) in [4.78, 5) is 4.76. The monoisotopic (exact) mass is 318 g/mol. The van der Waals surface area contributed by atoms with Crippen LogP contribution in [0, 0.1) is 0 Å². The average molecular weight is 319 g/mol. The number of hydrogen-bond acceptors (Lipinski definition) is 5. The fourth-order valence-corrected chi connectivity index (χ4v) is 3.28. The largest absolute Gasteiger partial charge is 0.392 e. The molecule has 1 aromatic heterocycles. The third kappa shape index (κ3) is 3.52. The van der Waals surface area contributed by atoms with Crippen LogP contribution >= 0.6 is 22.9 Å². The lowest BCUT2D eigenvalue weighted by Crippen LogP contribution is -2.23. The molecule has 2 aromatic rings. The molecule has 0 aliphatic rings. The van der Waals surface area contributed by atoms with Crippen LogP contribution in [0.15, 0.2) is 34.8 Å². The number of nitrogens with one attached hydrogen (secondary N) is 1. The fourth-order valence-electron chi connectivity index (χ4n) is 1.42. The molecule has 0 amide bonds. The first-order valence-corrected chi connectivity index (χ1v) is 8.03. The molecule has 0 saturated carbocycles. The van der Waals surface area contributed by atoms with Crippen molar-refractivity contribution in [2.45, 2.75) is 18.0 Å². The van der Waals surface area contributed by atoms with Crippen molar-refractivity contribution in [1.29, 1.82) is 0 Å². The molecule has 19 heavy (non-hydrogen) atoms. The van der Waals surface area contributed by atoms with Crippen molar-refractivity contribution in [3.8, 4) is 0 Å². The van der Waals surface area contributed by atoms with E-state index in [9.17, 15) is 8.42 Å². The molecule has 0 spiro atoms. The molecule has 0 aliphatic heterocycles. The number of thiazole rings is 1. The third-order valence-corrected chi connectivity index (χ3v) is 4.96. The van der Waals surface area contributed by atoms with Crippen molar-refractivity contribution in [2.75, 3.05) is 0 Å². The summed E-state index contributed by atoms with van der Waals surface area (Å²) in [5, 5.41) is 9.42. The fraction of sp³-hybridized carbons (Fsp3) is 0.182. The number of hydrogen-bond donors (Lipinski definition) is 2. The molecule has 102 valence electrons. The molecule has 2 N–H and O–H groups in total. The quantitative estimate of drug-likeness (QED) is 0.880. The predicted octanol–water partition coefficient (Wildman–Crippen LogP) is 1.77. The SMILES string of the molecule is O=S(=O)(NCc1cncs1)c1ccc(Cl)c(CO)c1. The van der Waals surface area contributed by atoms with Crippen LogP contribution in [-0.4, -0.2) is 18.5 Å². The van der Waals surface area contributed by atoms with Crippen LogP contribution in [0.25, 0.3) is 0 Å². The molecule has 0 atom stereocenters. The number of halogens is 1. The van der Waals surface area contributed by atoms with Gasteiger partial charge in [0, 0.05) is 22.6 Å². The zero-order valence-corrected chi connectivity index (χ0v) is 12.1. The summed E-state index contributed by atoms with van der Waals surface area (Å²) in [6, 6.07) is 4.21. The topological polar surface area (TPSA) is 79.3 Å². The van der Waals surface area contributed by atoms with Gasteiger partial charge in [-0.1, -0.05) is 11.6 Å². The van der Waals surface area contributed by atoms with Crippen molar-refractivity contribution in [3.05, 3.63) is 45.4 Å². The number of aliphatic hydroxyl groups excluding tert-OH is 1. The normalized spacial score (nSPS) is 11.7. The lowest BCUT2D eigenvalue weighted by Gasteiger charge is -2.08. The maximum Gasteiger partial charge on any atom is 0.240 e. The van der Waals surface area contributed by atoms with E-state index < -0.39 is 10.0 Å². The van der Waals surface area contributed by atoms with E-state index in [1.54, 1.807) is 11.7 Å². The first-order chi connectivity index (χ1) is 9.03. The Morgan fingerprint density at radius 3 is 2.84 bits per heavy atom. The van der Waals surface area contributed by atoms with Crippen LogP contribution in [0.2, 0.25) is 5.02 Å². The van der Waals surface area contributed by atoms with Crippen molar-refractivity contribution in [2.24, 2.45) is 0 Å². The maximum absolute atomic E-state index is 12.1. The van der Waals surface area contributed by atoms with Crippen LogP contribution in [0.1, 0.15) is 10.4 Å². The summed E-state index contributed by atoms with van der Waals surface area (Å²) in [5.74, 6) is 0. The second kappa shape index (κ2) is 5.98. The van der Waals surface area contributed by atoms with E-state index in [4.69, 9.17) is 16.7 Å². The minimum atomic E-state index is -3.63. The lowest BCUT2D eigenvalue weighted by atomic mass is 10.2. The van der Waals surface area contributed by atoms with Crippen LogP contribution < -0.4 is 4.72 Å². The summed E-state index contributed by atoms with van der Waals surface area (Å²) >= 11 is 7.19. The zero-order chi connectivity index (χ0) is 13.9. The Labute approximate surface area is 119 Å². The first-order valence-electron chi connectivity index (χ1n) is 5.29. The van der Waals surface area contributed by atoms with E-state index in [-0.39, 0.29) is 18.0 Å². The van der Waals surface area contributed by atoms with Gasteiger partial charge < -0.3 is 5.11 Å². The van der Waals surface area contributed by atoms with E-state index in [1.807, 2.05) is 0 Å². The van der Waals surface area contributed by atoms with Crippen LogP contribution in [0.4, 0.5) is 0 Å². The maximum atomic E-state index is 12.1. The number of benzene rings is 1. The number of sulfonamides is 1. The first kappa shape index (κ1) is 14.4. The third-order valence-electron chi connectivity index (χ3n) is 2.42. The van der Waals surface area contributed by atoms with Crippen LogP contribution in [-0.2, 0) is 23.2 Å². The molecule has 0 aliphatic carbocycles. The van der Waals surface area contributed by atoms with Crippen molar-refractivity contribution in [1.82, 2.24) is 9.71 Å². The Kier molecular flexibility index (Phi) is 4.54. The molecule has 1 heterocycles.